The van der Waals surface area contributed by atoms with Crippen molar-refractivity contribution in [2.75, 3.05) is 18.4 Å². The van der Waals surface area contributed by atoms with Crippen LogP contribution in [-0.4, -0.2) is 28.9 Å². The maximum absolute atomic E-state index is 12.4. The SMILES string of the molecule is O=C(Nc1ccc2oc(=O)[nH]c2c1)c1ccc(CN2CCCC2)cc1. The minimum Gasteiger partial charge on any atom is -0.408 e. The molecule has 2 N–H and O–H groups in total. The number of oxazole rings is 1. The summed E-state index contributed by atoms with van der Waals surface area (Å²) in [6.45, 7) is 3.24. The van der Waals surface area contributed by atoms with Gasteiger partial charge in [-0.05, 0) is 61.8 Å². The minimum atomic E-state index is -0.507. The van der Waals surface area contributed by atoms with Crippen LogP contribution in [-0.2, 0) is 6.54 Å². The molecule has 0 aliphatic carbocycles. The Balaban J connectivity index is 1.45. The number of hydrogen-bond donors (Lipinski definition) is 2. The third kappa shape index (κ3) is 3.49. The second kappa shape index (κ2) is 6.57. The predicted octanol–water partition coefficient (Wildman–Crippen LogP) is 2.97. The van der Waals surface area contributed by atoms with Crippen LogP contribution < -0.4 is 11.1 Å². The highest BCUT2D eigenvalue weighted by Gasteiger charge is 2.12. The van der Waals surface area contributed by atoms with E-state index >= 15 is 0 Å². The van der Waals surface area contributed by atoms with Gasteiger partial charge in [0.05, 0.1) is 5.52 Å². The van der Waals surface area contributed by atoms with Gasteiger partial charge >= 0.3 is 5.76 Å². The van der Waals surface area contributed by atoms with Gasteiger partial charge in [-0.1, -0.05) is 12.1 Å². The fourth-order valence-corrected chi connectivity index (χ4v) is 3.19. The van der Waals surface area contributed by atoms with E-state index in [-0.39, 0.29) is 5.91 Å². The van der Waals surface area contributed by atoms with Gasteiger partial charge in [0.1, 0.15) is 0 Å². The standard InChI is InChI=1S/C19H19N3O3/c23-18(20-15-7-8-17-16(11-15)21-19(24)25-17)14-5-3-13(4-6-14)12-22-9-1-2-10-22/h3-8,11H,1-2,9-10,12H2,(H,20,23)(H,21,24). The lowest BCUT2D eigenvalue weighted by atomic mass is 10.1. The number of benzene rings is 2. The summed E-state index contributed by atoms with van der Waals surface area (Å²) in [5, 5.41) is 2.84. The van der Waals surface area contributed by atoms with E-state index in [1.165, 1.54) is 18.4 Å². The molecule has 6 nitrogen and oxygen atoms in total. The topological polar surface area (TPSA) is 78.3 Å². The first-order chi connectivity index (χ1) is 12.2. The summed E-state index contributed by atoms with van der Waals surface area (Å²) in [4.78, 5) is 28.6. The van der Waals surface area contributed by atoms with Gasteiger partial charge in [-0.3, -0.25) is 14.7 Å². The molecule has 0 saturated carbocycles. The van der Waals surface area contributed by atoms with Crippen LogP contribution in [0.5, 0.6) is 0 Å². The van der Waals surface area contributed by atoms with Crippen molar-refractivity contribution in [2.45, 2.75) is 19.4 Å². The monoisotopic (exact) mass is 337 g/mol. The van der Waals surface area contributed by atoms with Gasteiger partial charge in [0, 0.05) is 17.8 Å². The second-order valence-corrected chi connectivity index (χ2v) is 6.36. The molecule has 1 aromatic heterocycles. The van der Waals surface area contributed by atoms with Gasteiger partial charge in [-0.15, -0.1) is 0 Å². The molecule has 0 unspecified atom stereocenters. The Morgan fingerprint density at radius 2 is 1.88 bits per heavy atom. The number of nitrogens with one attached hydrogen (secondary N) is 2. The smallest absolute Gasteiger partial charge is 0.408 e. The molecule has 0 bridgehead atoms. The van der Waals surface area contributed by atoms with Crippen LogP contribution in [0.2, 0.25) is 0 Å². The number of rotatable bonds is 4. The van der Waals surface area contributed by atoms with E-state index in [0.29, 0.717) is 22.4 Å². The van der Waals surface area contributed by atoms with Crippen molar-refractivity contribution in [3.8, 4) is 0 Å². The van der Waals surface area contributed by atoms with Crippen molar-refractivity contribution in [1.82, 2.24) is 9.88 Å². The number of hydrogen-bond acceptors (Lipinski definition) is 4. The fraction of sp³-hybridized carbons (Fsp3) is 0.263. The maximum atomic E-state index is 12.4. The molecule has 0 radical (unpaired) electrons. The van der Waals surface area contributed by atoms with Gasteiger partial charge in [0.25, 0.3) is 5.91 Å². The van der Waals surface area contributed by atoms with E-state index in [9.17, 15) is 9.59 Å². The summed E-state index contributed by atoms with van der Waals surface area (Å²) >= 11 is 0. The third-order valence-electron chi connectivity index (χ3n) is 4.50. The van der Waals surface area contributed by atoms with Crippen LogP contribution in [0.1, 0.15) is 28.8 Å². The van der Waals surface area contributed by atoms with Gasteiger partial charge in [0.2, 0.25) is 0 Å². The summed E-state index contributed by atoms with van der Waals surface area (Å²) in [5.41, 5.74) is 3.45. The molecule has 0 spiro atoms. The molecule has 1 aliphatic rings. The van der Waals surface area contributed by atoms with E-state index < -0.39 is 5.76 Å². The zero-order valence-electron chi connectivity index (χ0n) is 13.7. The van der Waals surface area contributed by atoms with Crippen molar-refractivity contribution in [1.29, 1.82) is 0 Å². The average molecular weight is 337 g/mol. The molecular formula is C19H19N3O3. The van der Waals surface area contributed by atoms with E-state index in [2.05, 4.69) is 15.2 Å². The van der Waals surface area contributed by atoms with E-state index in [1.54, 1.807) is 18.2 Å². The summed E-state index contributed by atoms with van der Waals surface area (Å²) in [5.74, 6) is -0.690. The molecule has 1 amide bonds. The number of H-pyrrole nitrogens is 1. The fourth-order valence-electron chi connectivity index (χ4n) is 3.19. The second-order valence-electron chi connectivity index (χ2n) is 6.36. The van der Waals surface area contributed by atoms with Crippen LogP contribution >= 0.6 is 0 Å². The van der Waals surface area contributed by atoms with Gasteiger partial charge < -0.3 is 9.73 Å². The average Bonchev–Trinajstić information content (AvgIpc) is 3.23. The zero-order chi connectivity index (χ0) is 17.2. The van der Waals surface area contributed by atoms with Crippen LogP contribution in [0.15, 0.2) is 51.7 Å². The number of anilines is 1. The van der Waals surface area contributed by atoms with Crippen molar-refractivity contribution in [2.24, 2.45) is 0 Å². The largest absolute Gasteiger partial charge is 0.417 e. The third-order valence-corrected chi connectivity index (χ3v) is 4.50. The lowest BCUT2D eigenvalue weighted by molar-refractivity contribution is 0.102. The number of fused-ring (bicyclic) bond motifs is 1. The summed E-state index contributed by atoms with van der Waals surface area (Å²) in [7, 11) is 0. The highest BCUT2D eigenvalue weighted by molar-refractivity contribution is 6.04. The normalized spacial score (nSPS) is 14.9. The quantitative estimate of drug-likeness (QED) is 0.767. The number of amides is 1. The number of carbonyl (C=O) groups is 1. The lowest BCUT2D eigenvalue weighted by Crippen LogP contribution is -2.18. The summed E-state index contributed by atoms with van der Waals surface area (Å²) in [6.07, 6.45) is 2.54. The first-order valence-electron chi connectivity index (χ1n) is 8.43. The lowest BCUT2D eigenvalue weighted by Gasteiger charge is -2.14. The van der Waals surface area contributed by atoms with Crippen molar-refractivity contribution in [3.63, 3.8) is 0 Å². The Labute approximate surface area is 144 Å². The molecule has 1 aliphatic heterocycles. The molecule has 128 valence electrons. The highest BCUT2D eigenvalue weighted by Crippen LogP contribution is 2.18. The molecule has 4 rings (SSSR count). The van der Waals surface area contributed by atoms with Crippen LogP contribution in [0.25, 0.3) is 11.1 Å². The van der Waals surface area contributed by atoms with Crippen LogP contribution in [0.3, 0.4) is 0 Å². The first-order valence-corrected chi connectivity index (χ1v) is 8.43. The highest BCUT2D eigenvalue weighted by atomic mass is 16.4. The van der Waals surface area contributed by atoms with E-state index in [1.807, 2.05) is 24.3 Å². The molecule has 25 heavy (non-hydrogen) atoms. The number of aromatic amines is 1. The molecule has 2 aromatic carbocycles. The Kier molecular flexibility index (Phi) is 4.11. The number of likely N-dealkylation sites (tertiary alicyclic amines) is 1. The maximum Gasteiger partial charge on any atom is 0.417 e. The number of nitrogens with zero attached hydrogens (tertiary/aromatic N) is 1. The number of aromatic nitrogens is 1. The molecule has 3 aromatic rings. The van der Waals surface area contributed by atoms with Crippen molar-refractivity contribution >= 4 is 22.7 Å². The molecule has 1 saturated heterocycles. The van der Waals surface area contributed by atoms with E-state index in [0.717, 1.165) is 19.6 Å². The Morgan fingerprint density at radius 1 is 1.12 bits per heavy atom. The van der Waals surface area contributed by atoms with Gasteiger partial charge in [-0.25, -0.2) is 4.79 Å². The number of carbonyl (C=O) groups excluding carboxylic acids is 1. The zero-order valence-corrected chi connectivity index (χ0v) is 13.7. The van der Waals surface area contributed by atoms with Crippen LogP contribution in [0, 0.1) is 0 Å². The molecule has 6 heteroatoms. The summed E-state index contributed by atoms with van der Waals surface area (Å²) in [6, 6.07) is 12.7. The van der Waals surface area contributed by atoms with E-state index in [4.69, 9.17) is 4.42 Å². The molecule has 1 fully saturated rings. The Bertz CT molecular complexity index is 950. The Hall–Kier alpha value is -2.86. The molecule has 0 atom stereocenters. The Morgan fingerprint density at radius 3 is 2.64 bits per heavy atom. The van der Waals surface area contributed by atoms with Gasteiger partial charge in [-0.2, -0.15) is 0 Å². The van der Waals surface area contributed by atoms with Crippen molar-refractivity contribution in [3.05, 3.63) is 64.1 Å². The van der Waals surface area contributed by atoms with Crippen LogP contribution in [0.4, 0.5) is 5.69 Å². The first kappa shape index (κ1) is 15.7. The molecule has 2 heterocycles. The summed E-state index contributed by atoms with van der Waals surface area (Å²) < 4.78 is 4.95. The van der Waals surface area contributed by atoms with Gasteiger partial charge in [0.15, 0.2) is 5.58 Å². The minimum absolute atomic E-state index is 0.182. The predicted molar refractivity (Wildman–Crippen MR) is 95.7 cm³/mol. The molecular weight excluding hydrogens is 318 g/mol. The van der Waals surface area contributed by atoms with Crippen molar-refractivity contribution < 1.29 is 9.21 Å².